The van der Waals surface area contributed by atoms with E-state index in [4.69, 9.17) is 11.6 Å². The van der Waals surface area contributed by atoms with Gasteiger partial charge >= 0.3 is 0 Å². The van der Waals surface area contributed by atoms with Gasteiger partial charge in [0.25, 0.3) is 5.69 Å². The molecule has 1 saturated carbocycles. The van der Waals surface area contributed by atoms with E-state index in [1.165, 1.54) is 12.1 Å². The molecule has 0 spiro atoms. The molecule has 15 heavy (non-hydrogen) atoms. The molecule has 1 aliphatic rings. The van der Waals surface area contributed by atoms with Gasteiger partial charge in [-0.1, -0.05) is 17.7 Å². The summed E-state index contributed by atoms with van der Waals surface area (Å²) < 4.78 is 0. The molecule has 1 fully saturated rings. The minimum absolute atomic E-state index is 0.0335. The molecular formula is C10H10ClNO3. The lowest BCUT2D eigenvalue weighted by atomic mass is 9.97. The Bertz CT molecular complexity index is 415. The first-order valence-electron chi connectivity index (χ1n) is 4.64. The highest BCUT2D eigenvalue weighted by molar-refractivity contribution is 6.32. The Morgan fingerprint density at radius 3 is 2.67 bits per heavy atom. The second-order valence-electron chi connectivity index (χ2n) is 3.86. The Hall–Kier alpha value is -1.13. The predicted molar refractivity (Wildman–Crippen MR) is 56.1 cm³/mol. The van der Waals surface area contributed by atoms with Crippen molar-refractivity contribution in [1.82, 2.24) is 0 Å². The Morgan fingerprint density at radius 1 is 1.53 bits per heavy atom. The summed E-state index contributed by atoms with van der Waals surface area (Å²) in [6.07, 6.45) is 1.75. The zero-order valence-electron chi connectivity index (χ0n) is 7.94. The van der Waals surface area contributed by atoms with Crippen LogP contribution in [0, 0.1) is 10.1 Å². The highest BCUT2D eigenvalue weighted by Gasteiger charge is 2.44. The predicted octanol–water partition coefficient (Wildman–Crippen LogP) is 2.27. The molecule has 1 aliphatic carbocycles. The van der Waals surface area contributed by atoms with Crippen molar-refractivity contribution >= 4 is 17.3 Å². The van der Waals surface area contributed by atoms with E-state index < -0.39 is 4.92 Å². The fraction of sp³-hybridized carbons (Fsp3) is 0.400. The number of nitro groups is 1. The molecule has 80 valence electrons. The third-order valence-electron chi connectivity index (χ3n) is 2.91. The molecule has 1 N–H and O–H groups in total. The second kappa shape index (κ2) is 3.47. The van der Waals surface area contributed by atoms with Gasteiger partial charge in [-0.05, 0) is 24.5 Å². The van der Waals surface area contributed by atoms with Crippen molar-refractivity contribution in [1.29, 1.82) is 0 Å². The molecule has 0 bridgehead atoms. The first-order valence-corrected chi connectivity index (χ1v) is 5.02. The lowest BCUT2D eigenvalue weighted by Gasteiger charge is -2.11. The molecule has 0 heterocycles. The maximum absolute atomic E-state index is 10.7. The van der Waals surface area contributed by atoms with Crippen LogP contribution >= 0.6 is 11.6 Å². The van der Waals surface area contributed by atoms with E-state index in [9.17, 15) is 15.2 Å². The van der Waals surface area contributed by atoms with Gasteiger partial charge in [-0.15, -0.1) is 0 Å². The van der Waals surface area contributed by atoms with Crippen molar-refractivity contribution < 1.29 is 10.0 Å². The minimum atomic E-state index is -0.501. The van der Waals surface area contributed by atoms with Crippen molar-refractivity contribution in [3.8, 4) is 0 Å². The summed E-state index contributed by atoms with van der Waals surface area (Å²) in [4.78, 5) is 10.2. The zero-order chi connectivity index (χ0) is 11.1. The Balaban J connectivity index is 2.43. The van der Waals surface area contributed by atoms with Crippen molar-refractivity contribution in [3.63, 3.8) is 0 Å². The molecule has 0 atom stereocenters. The van der Waals surface area contributed by atoms with Crippen molar-refractivity contribution in [3.05, 3.63) is 38.9 Å². The molecular weight excluding hydrogens is 218 g/mol. The fourth-order valence-corrected chi connectivity index (χ4v) is 1.86. The maximum atomic E-state index is 10.7. The van der Waals surface area contributed by atoms with Gasteiger partial charge in [0.1, 0.15) is 5.02 Å². The number of nitro benzene ring substituents is 1. The summed E-state index contributed by atoms with van der Waals surface area (Å²) >= 11 is 5.70. The van der Waals surface area contributed by atoms with Crippen LogP contribution in [0.25, 0.3) is 0 Å². The quantitative estimate of drug-likeness (QED) is 0.636. The molecule has 4 nitrogen and oxygen atoms in total. The molecule has 0 saturated heterocycles. The highest BCUT2D eigenvalue weighted by atomic mass is 35.5. The molecule has 0 radical (unpaired) electrons. The average Bonchev–Trinajstić information content (AvgIpc) is 2.99. The van der Waals surface area contributed by atoms with Crippen LogP contribution in [0.4, 0.5) is 5.69 Å². The molecule has 0 aromatic heterocycles. The number of hydrogen-bond donors (Lipinski definition) is 1. The SMILES string of the molecule is O=[N+]([O-])c1cc(C2(CO)CC2)ccc1Cl. The average molecular weight is 228 g/mol. The van der Waals surface area contributed by atoms with Gasteiger partial charge in [0.15, 0.2) is 0 Å². The van der Waals surface area contributed by atoms with Crippen LogP contribution in [-0.2, 0) is 5.41 Å². The topological polar surface area (TPSA) is 63.4 Å². The summed E-state index contributed by atoms with van der Waals surface area (Å²) in [5.74, 6) is 0. The Morgan fingerprint density at radius 2 is 2.20 bits per heavy atom. The van der Waals surface area contributed by atoms with Gasteiger partial charge in [-0.25, -0.2) is 0 Å². The third kappa shape index (κ3) is 1.70. The van der Waals surface area contributed by atoms with Gasteiger partial charge in [0, 0.05) is 11.5 Å². The van der Waals surface area contributed by atoms with Crippen LogP contribution in [0.3, 0.4) is 0 Å². The fourth-order valence-electron chi connectivity index (χ4n) is 1.67. The molecule has 0 aliphatic heterocycles. The highest BCUT2D eigenvalue weighted by Crippen LogP contribution is 2.48. The summed E-state index contributed by atoms with van der Waals surface area (Å²) in [5, 5.41) is 20.0. The van der Waals surface area contributed by atoms with Crippen LogP contribution < -0.4 is 0 Å². The second-order valence-corrected chi connectivity index (χ2v) is 4.27. The van der Waals surface area contributed by atoms with Gasteiger partial charge in [-0.3, -0.25) is 10.1 Å². The van der Waals surface area contributed by atoms with Crippen molar-refractivity contribution in [2.45, 2.75) is 18.3 Å². The number of rotatable bonds is 3. The van der Waals surface area contributed by atoms with Crippen LogP contribution in [-0.4, -0.2) is 16.6 Å². The van der Waals surface area contributed by atoms with Gasteiger partial charge < -0.3 is 5.11 Å². The van der Waals surface area contributed by atoms with Crippen molar-refractivity contribution in [2.75, 3.05) is 6.61 Å². The lowest BCUT2D eigenvalue weighted by Crippen LogP contribution is -2.12. The summed E-state index contributed by atoms with van der Waals surface area (Å²) in [6.45, 7) is 0.0335. The third-order valence-corrected chi connectivity index (χ3v) is 3.23. The maximum Gasteiger partial charge on any atom is 0.288 e. The Kier molecular flexibility index (Phi) is 2.40. The minimum Gasteiger partial charge on any atom is -0.395 e. The number of aliphatic hydroxyl groups is 1. The van der Waals surface area contributed by atoms with Crippen LogP contribution in [0.2, 0.25) is 5.02 Å². The van der Waals surface area contributed by atoms with Crippen LogP contribution in [0.1, 0.15) is 18.4 Å². The van der Waals surface area contributed by atoms with E-state index in [0.29, 0.717) is 0 Å². The van der Waals surface area contributed by atoms with Gasteiger partial charge in [0.2, 0.25) is 0 Å². The number of aliphatic hydroxyl groups excluding tert-OH is 1. The zero-order valence-corrected chi connectivity index (χ0v) is 8.70. The normalized spacial score (nSPS) is 17.5. The first kappa shape index (κ1) is 10.4. The van der Waals surface area contributed by atoms with Crippen LogP contribution in [0.15, 0.2) is 18.2 Å². The largest absolute Gasteiger partial charge is 0.395 e. The standard InChI is InChI=1S/C10H10ClNO3/c11-8-2-1-7(5-9(8)12(14)15)10(6-13)3-4-10/h1-2,5,13H,3-4,6H2. The van der Waals surface area contributed by atoms with Crippen LogP contribution in [0.5, 0.6) is 0 Å². The smallest absolute Gasteiger partial charge is 0.288 e. The number of hydrogen-bond acceptors (Lipinski definition) is 3. The lowest BCUT2D eigenvalue weighted by molar-refractivity contribution is -0.384. The van der Waals surface area contributed by atoms with E-state index in [2.05, 4.69) is 0 Å². The van der Waals surface area contributed by atoms with E-state index in [1.807, 2.05) is 0 Å². The van der Waals surface area contributed by atoms with E-state index in [-0.39, 0.29) is 22.7 Å². The summed E-state index contributed by atoms with van der Waals surface area (Å²) in [6, 6.07) is 4.73. The van der Waals surface area contributed by atoms with E-state index >= 15 is 0 Å². The molecule has 2 rings (SSSR count). The van der Waals surface area contributed by atoms with E-state index in [1.54, 1.807) is 6.07 Å². The Labute approximate surface area is 91.6 Å². The molecule has 1 aromatic rings. The molecule has 0 unspecified atom stereocenters. The monoisotopic (exact) mass is 227 g/mol. The van der Waals surface area contributed by atoms with Crippen molar-refractivity contribution in [2.24, 2.45) is 0 Å². The van der Waals surface area contributed by atoms with Gasteiger partial charge in [0.05, 0.1) is 11.5 Å². The molecule has 0 amide bonds. The molecule has 5 heteroatoms. The summed E-state index contributed by atoms with van der Waals surface area (Å²) in [5.41, 5.74) is 0.463. The van der Waals surface area contributed by atoms with E-state index in [0.717, 1.165) is 18.4 Å². The first-order chi connectivity index (χ1) is 7.09. The number of benzene rings is 1. The van der Waals surface area contributed by atoms with Gasteiger partial charge in [-0.2, -0.15) is 0 Å². The number of halogens is 1. The summed E-state index contributed by atoms with van der Waals surface area (Å²) in [7, 11) is 0. The number of nitrogens with zero attached hydrogens (tertiary/aromatic N) is 1. The molecule has 1 aromatic carbocycles.